The predicted molar refractivity (Wildman–Crippen MR) is 94.8 cm³/mol. The van der Waals surface area contributed by atoms with Crippen LogP contribution in [-0.4, -0.2) is 12.0 Å². The van der Waals surface area contributed by atoms with Gasteiger partial charge in [0, 0.05) is 6.07 Å². The van der Waals surface area contributed by atoms with Crippen molar-refractivity contribution in [1.82, 2.24) is 0 Å². The zero-order valence-corrected chi connectivity index (χ0v) is 14.9. The summed E-state index contributed by atoms with van der Waals surface area (Å²) in [6.07, 6.45) is -0.361. The Morgan fingerprint density at radius 2 is 1.76 bits per heavy atom. The molecule has 0 aromatic heterocycles. The zero-order valence-electron chi connectivity index (χ0n) is 14.9. The molecular weight excluding hydrogens is 324 g/mol. The third kappa shape index (κ3) is 5.02. The Bertz CT molecular complexity index is 736. The van der Waals surface area contributed by atoms with Crippen LogP contribution in [-0.2, 0) is 10.2 Å². The Hall–Kier alpha value is -2.43. The summed E-state index contributed by atoms with van der Waals surface area (Å²) in [5.74, 6) is -1.43. The van der Waals surface area contributed by atoms with Crippen molar-refractivity contribution in [2.45, 2.75) is 45.6 Å². The van der Waals surface area contributed by atoms with Crippen LogP contribution < -0.4 is 10.1 Å². The van der Waals surface area contributed by atoms with Gasteiger partial charge in [0.15, 0.2) is 6.10 Å². The molecule has 134 valence electrons. The van der Waals surface area contributed by atoms with Crippen molar-refractivity contribution in [1.29, 1.82) is 0 Å². The van der Waals surface area contributed by atoms with E-state index in [1.165, 1.54) is 6.07 Å². The van der Waals surface area contributed by atoms with Crippen molar-refractivity contribution in [3.8, 4) is 5.75 Å². The summed E-state index contributed by atoms with van der Waals surface area (Å²) < 4.78 is 32.3. The van der Waals surface area contributed by atoms with Gasteiger partial charge in [0.1, 0.15) is 17.4 Å². The first-order chi connectivity index (χ1) is 11.7. The third-order valence-electron chi connectivity index (χ3n) is 3.85. The maximum Gasteiger partial charge on any atom is 0.265 e. The minimum Gasteiger partial charge on any atom is -0.481 e. The number of anilines is 1. The van der Waals surface area contributed by atoms with Gasteiger partial charge in [0.05, 0.1) is 5.69 Å². The molecular formula is C20H23F2NO2. The van der Waals surface area contributed by atoms with Crippen molar-refractivity contribution in [2.75, 3.05) is 5.32 Å². The lowest BCUT2D eigenvalue weighted by molar-refractivity contribution is -0.122. The molecule has 0 radical (unpaired) electrons. The molecule has 0 unspecified atom stereocenters. The van der Waals surface area contributed by atoms with Gasteiger partial charge in [-0.15, -0.1) is 0 Å². The topological polar surface area (TPSA) is 38.3 Å². The van der Waals surface area contributed by atoms with Crippen LogP contribution in [0.5, 0.6) is 5.75 Å². The lowest BCUT2D eigenvalue weighted by atomic mass is 9.87. The molecule has 1 amide bonds. The second kappa shape index (κ2) is 7.64. The van der Waals surface area contributed by atoms with Crippen molar-refractivity contribution in [3.63, 3.8) is 0 Å². The van der Waals surface area contributed by atoms with Crippen molar-refractivity contribution in [3.05, 3.63) is 59.7 Å². The molecule has 0 fully saturated rings. The van der Waals surface area contributed by atoms with E-state index in [0.29, 0.717) is 12.2 Å². The monoisotopic (exact) mass is 347 g/mol. The molecule has 2 aromatic carbocycles. The van der Waals surface area contributed by atoms with Gasteiger partial charge in [0.2, 0.25) is 0 Å². The van der Waals surface area contributed by atoms with Crippen LogP contribution in [0.2, 0.25) is 0 Å². The molecule has 3 nitrogen and oxygen atoms in total. The predicted octanol–water partition coefficient (Wildman–Crippen LogP) is 5.06. The van der Waals surface area contributed by atoms with Gasteiger partial charge in [-0.25, -0.2) is 8.78 Å². The minimum atomic E-state index is -0.822. The van der Waals surface area contributed by atoms with Gasteiger partial charge >= 0.3 is 0 Å². The lowest BCUT2D eigenvalue weighted by Gasteiger charge is -2.21. The van der Waals surface area contributed by atoms with Gasteiger partial charge in [-0.05, 0) is 41.7 Å². The van der Waals surface area contributed by atoms with Gasteiger partial charge in [-0.2, -0.15) is 0 Å². The summed E-state index contributed by atoms with van der Waals surface area (Å²) in [6.45, 7) is 8.14. The number of carbonyl (C=O) groups excluding carboxylic acids is 1. The Morgan fingerprint density at radius 3 is 2.28 bits per heavy atom. The van der Waals surface area contributed by atoms with Crippen molar-refractivity contribution >= 4 is 11.6 Å². The summed E-state index contributed by atoms with van der Waals surface area (Å²) in [5.41, 5.74) is 1.11. The largest absolute Gasteiger partial charge is 0.481 e. The molecule has 2 rings (SSSR count). The first-order valence-corrected chi connectivity index (χ1v) is 8.24. The molecule has 0 aliphatic rings. The molecule has 1 N–H and O–H groups in total. The van der Waals surface area contributed by atoms with E-state index in [1.54, 1.807) is 6.92 Å². The van der Waals surface area contributed by atoms with E-state index >= 15 is 0 Å². The van der Waals surface area contributed by atoms with E-state index in [0.717, 1.165) is 17.7 Å². The number of halogens is 2. The van der Waals surface area contributed by atoms with E-state index in [9.17, 15) is 13.6 Å². The van der Waals surface area contributed by atoms with Crippen LogP contribution >= 0.6 is 0 Å². The number of hydrogen-bond acceptors (Lipinski definition) is 2. The van der Waals surface area contributed by atoms with Crippen LogP contribution in [0.3, 0.4) is 0 Å². The highest BCUT2D eigenvalue weighted by molar-refractivity contribution is 5.94. The highest BCUT2D eigenvalue weighted by Crippen LogP contribution is 2.25. The first-order valence-electron chi connectivity index (χ1n) is 8.24. The summed E-state index contributed by atoms with van der Waals surface area (Å²) in [5, 5.41) is 2.44. The Kier molecular flexibility index (Phi) is 5.77. The van der Waals surface area contributed by atoms with Crippen LogP contribution in [0.4, 0.5) is 14.5 Å². The van der Waals surface area contributed by atoms with E-state index < -0.39 is 23.6 Å². The van der Waals surface area contributed by atoms with Crippen LogP contribution in [0.25, 0.3) is 0 Å². The van der Waals surface area contributed by atoms with Crippen LogP contribution in [0.15, 0.2) is 42.5 Å². The smallest absolute Gasteiger partial charge is 0.265 e. The fourth-order valence-corrected chi connectivity index (χ4v) is 2.32. The molecule has 0 saturated carbocycles. The number of rotatable bonds is 5. The number of benzene rings is 2. The summed E-state index contributed by atoms with van der Waals surface area (Å²) in [7, 11) is 0. The Balaban J connectivity index is 2.07. The van der Waals surface area contributed by atoms with E-state index in [1.807, 2.05) is 24.3 Å². The van der Waals surface area contributed by atoms with Crippen LogP contribution in [0, 0.1) is 11.6 Å². The number of nitrogens with one attached hydrogen (secondary N) is 1. The Morgan fingerprint density at radius 1 is 1.12 bits per heavy atom. The fourth-order valence-electron chi connectivity index (χ4n) is 2.32. The van der Waals surface area contributed by atoms with E-state index in [4.69, 9.17) is 4.74 Å². The maximum atomic E-state index is 13.7. The van der Waals surface area contributed by atoms with Crippen molar-refractivity contribution in [2.24, 2.45) is 0 Å². The zero-order chi connectivity index (χ0) is 18.6. The fraction of sp³-hybridized carbons (Fsp3) is 0.350. The lowest BCUT2D eigenvalue weighted by Crippen LogP contribution is -2.32. The minimum absolute atomic E-state index is 0.0279. The average molecular weight is 347 g/mol. The SMILES string of the molecule is CC[C@H](Oc1ccc(C(C)(C)C)cc1)C(=O)Nc1ccc(F)cc1F. The number of ether oxygens (including phenoxy) is 1. The second-order valence-corrected chi connectivity index (χ2v) is 6.90. The number of carbonyl (C=O) groups is 1. The highest BCUT2D eigenvalue weighted by atomic mass is 19.1. The number of hydrogen-bond donors (Lipinski definition) is 1. The molecule has 0 saturated heterocycles. The molecule has 0 spiro atoms. The first kappa shape index (κ1) is 18.9. The Labute approximate surface area is 147 Å². The summed E-state index contributed by atoms with van der Waals surface area (Å²) in [6, 6.07) is 10.5. The molecule has 1 atom stereocenters. The average Bonchev–Trinajstić information content (AvgIpc) is 2.54. The molecule has 25 heavy (non-hydrogen) atoms. The standard InChI is InChI=1S/C20H23F2NO2/c1-5-18(19(24)23-17-11-8-14(21)12-16(17)22)25-15-9-6-13(7-10-15)20(2,3)4/h6-12,18H,5H2,1-4H3,(H,23,24)/t18-/m0/s1. The maximum absolute atomic E-state index is 13.7. The number of amides is 1. The molecule has 5 heteroatoms. The van der Waals surface area contributed by atoms with Crippen LogP contribution in [0.1, 0.15) is 39.7 Å². The van der Waals surface area contributed by atoms with E-state index in [-0.39, 0.29) is 11.1 Å². The molecule has 0 aliphatic carbocycles. The van der Waals surface area contributed by atoms with Gasteiger partial charge in [-0.3, -0.25) is 4.79 Å². The molecule has 2 aromatic rings. The van der Waals surface area contributed by atoms with Crippen molar-refractivity contribution < 1.29 is 18.3 Å². The third-order valence-corrected chi connectivity index (χ3v) is 3.85. The normalized spacial score (nSPS) is 12.6. The molecule has 0 aliphatic heterocycles. The van der Waals surface area contributed by atoms with E-state index in [2.05, 4.69) is 26.1 Å². The van der Waals surface area contributed by atoms with Gasteiger partial charge < -0.3 is 10.1 Å². The summed E-state index contributed by atoms with van der Waals surface area (Å²) >= 11 is 0. The van der Waals surface area contributed by atoms with Gasteiger partial charge in [0.25, 0.3) is 5.91 Å². The summed E-state index contributed by atoms with van der Waals surface area (Å²) in [4.78, 5) is 12.3. The highest BCUT2D eigenvalue weighted by Gasteiger charge is 2.20. The molecule has 0 bridgehead atoms. The second-order valence-electron chi connectivity index (χ2n) is 6.90. The molecule has 0 heterocycles. The quantitative estimate of drug-likeness (QED) is 0.821. The van der Waals surface area contributed by atoms with Gasteiger partial charge in [-0.1, -0.05) is 39.8 Å².